The minimum absolute atomic E-state index is 0.106. The van der Waals surface area contributed by atoms with Crippen LogP contribution in [0.15, 0.2) is 36.4 Å². The van der Waals surface area contributed by atoms with Gasteiger partial charge in [-0.05, 0) is 61.0 Å². The van der Waals surface area contributed by atoms with E-state index in [1.165, 1.54) is 0 Å². The number of halogens is 1. The molecular formula is C19H20ClN5OS. The van der Waals surface area contributed by atoms with Crippen LogP contribution < -0.4 is 10.6 Å². The normalized spacial score (nSPS) is 11.0. The highest BCUT2D eigenvalue weighted by Crippen LogP contribution is 2.21. The van der Waals surface area contributed by atoms with E-state index in [9.17, 15) is 4.79 Å². The molecule has 0 unspecified atom stereocenters. The summed E-state index contributed by atoms with van der Waals surface area (Å²) in [4.78, 5) is 13.3. The van der Waals surface area contributed by atoms with Crippen molar-refractivity contribution in [2.75, 3.05) is 5.32 Å². The summed E-state index contributed by atoms with van der Waals surface area (Å²) in [6.07, 6.45) is 0.425. The zero-order valence-electron chi connectivity index (χ0n) is 15.3. The van der Waals surface area contributed by atoms with Crippen LogP contribution in [0.5, 0.6) is 0 Å². The van der Waals surface area contributed by atoms with Crippen molar-refractivity contribution in [3.63, 3.8) is 0 Å². The minimum atomic E-state index is -0.106. The number of aryl methyl sites for hydroxylation is 1. The Morgan fingerprint density at radius 2 is 1.93 bits per heavy atom. The van der Waals surface area contributed by atoms with Crippen molar-refractivity contribution in [3.8, 4) is 5.69 Å². The molecule has 3 rings (SSSR count). The number of thiocarbonyl (C=S) groups is 1. The molecule has 6 nitrogen and oxygen atoms in total. The lowest BCUT2D eigenvalue weighted by atomic mass is 10.1. The van der Waals surface area contributed by atoms with E-state index in [2.05, 4.69) is 20.8 Å². The summed E-state index contributed by atoms with van der Waals surface area (Å²) in [5, 5.41) is 15.6. The molecule has 0 aliphatic heterocycles. The second-order valence-electron chi connectivity index (χ2n) is 6.73. The van der Waals surface area contributed by atoms with Crippen molar-refractivity contribution in [2.24, 2.45) is 5.92 Å². The molecule has 2 aromatic carbocycles. The van der Waals surface area contributed by atoms with Gasteiger partial charge in [-0.3, -0.25) is 4.79 Å². The Morgan fingerprint density at radius 3 is 2.63 bits per heavy atom. The SMILES string of the molecule is Cc1ccc(-n2nc3ccc(NC(=S)NC(=O)CC(C)C)cc3n2)cc1Cl. The molecule has 0 aliphatic rings. The molecule has 0 aliphatic carbocycles. The summed E-state index contributed by atoms with van der Waals surface area (Å²) in [6, 6.07) is 11.2. The van der Waals surface area contributed by atoms with Gasteiger partial charge in [0.15, 0.2) is 5.11 Å². The number of hydrogen-bond donors (Lipinski definition) is 2. The molecule has 1 amide bonds. The molecule has 0 saturated heterocycles. The first kappa shape index (κ1) is 19.3. The van der Waals surface area contributed by atoms with Crippen LogP contribution in [0.3, 0.4) is 0 Å². The highest BCUT2D eigenvalue weighted by molar-refractivity contribution is 7.80. The maximum absolute atomic E-state index is 11.8. The fourth-order valence-corrected chi connectivity index (χ4v) is 2.93. The van der Waals surface area contributed by atoms with E-state index in [0.717, 1.165) is 22.5 Å². The highest BCUT2D eigenvalue weighted by atomic mass is 35.5. The predicted molar refractivity (Wildman–Crippen MR) is 112 cm³/mol. The van der Waals surface area contributed by atoms with Gasteiger partial charge in [-0.25, -0.2) is 0 Å². The molecule has 27 heavy (non-hydrogen) atoms. The summed E-state index contributed by atoms with van der Waals surface area (Å²) in [6.45, 7) is 5.91. The first-order valence-electron chi connectivity index (χ1n) is 8.56. The Labute approximate surface area is 167 Å². The van der Waals surface area contributed by atoms with Crippen molar-refractivity contribution in [1.82, 2.24) is 20.3 Å². The number of nitrogens with one attached hydrogen (secondary N) is 2. The fourth-order valence-electron chi connectivity index (χ4n) is 2.52. The molecule has 0 fully saturated rings. The van der Waals surface area contributed by atoms with E-state index in [0.29, 0.717) is 17.0 Å². The predicted octanol–water partition coefficient (Wildman–Crippen LogP) is 4.24. The summed E-state index contributed by atoms with van der Waals surface area (Å²) in [5.41, 5.74) is 3.95. The fraction of sp³-hybridized carbons (Fsp3) is 0.263. The van der Waals surface area contributed by atoms with E-state index < -0.39 is 0 Å². The lowest BCUT2D eigenvalue weighted by Gasteiger charge is -2.10. The van der Waals surface area contributed by atoms with Crippen LogP contribution in [-0.4, -0.2) is 26.0 Å². The Bertz CT molecular complexity index is 1010. The number of amides is 1. The Kier molecular flexibility index (Phi) is 5.72. The molecule has 2 N–H and O–H groups in total. The number of anilines is 1. The Morgan fingerprint density at radius 1 is 1.19 bits per heavy atom. The van der Waals surface area contributed by atoms with Gasteiger partial charge in [-0.1, -0.05) is 31.5 Å². The molecular weight excluding hydrogens is 382 g/mol. The van der Waals surface area contributed by atoms with Gasteiger partial charge < -0.3 is 10.6 Å². The first-order chi connectivity index (χ1) is 12.8. The lowest BCUT2D eigenvalue weighted by Crippen LogP contribution is -2.34. The molecule has 0 radical (unpaired) electrons. The zero-order chi connectivity index (χ0) is 19.6. The molecule has 0 bridgehead atoms. The number of rotatable bonds is 4. The van der Waals surface area contributed by atoms with Gasteiger partial charge in [0.2, 0.25) is 5.91 Å². The van der Waals surface area contributed by atoms with E-state index in [4.69, 9.17) is 23.8 Å². The van der Waals surface area contributed by atoms with Gasteiger partial charge >= 0.3 is 0 Å². The van der Waals surface area contributed by atoms with Gasteiger partial charge in [0, 0.05) is 17.1 Å². The second-order valence-corrected chi connectivity index (χ2v) is 7.54. The van der Waals surface area contributed by atoms with Gasteiger partial charge in [0.1, 0.15) is 11.0 Å². The minimum Gasteiger partial charge on any atom is -0.332 e. The Balaban J connectivity index is 1.76. The molecule has 0 spiro atoms. The number of carbonyl (C=O) groups is 1. The summed E-state index contributed by atoms with van der Waals surface area (Å²) < 4.78 is 0. The van der Waals surface area contributed by atoms with Crippen molar-refractivity contribution < 1.29 is 4.79 Å². The zero-order valence-corrected chi connectivity index (χ0v) is 16.9. The van der Waals surface area contributed by atoms with Crippen LogP contribution in [0.1, 0.15) is 25.8 Å². The van der Waals surface area contributed by atoms with Crippen molar-refractivity contribution in [2.45, 2.75) is 27.2 Å². The Hall–Kier alpha value is -2.51. The molecule has 1 aromatic heterocycles. The van der Waals surface area contributed by atoms with Gasteiger partial charge in [0.05, 0.1) is 5.69 Å². The van der Waals surface area contributed by atoms with Crippen molar-refractivity contribution >= 4 is 51.6 Å². The number of aromatic nitrogens is 3. The van der Waals surface area contributed by atoms with Crippen LogP contribution >= 0.6 is 23.8 Å². The topological polar surface area (TPSA) is 71.8 Å². The van der Waals surface area contributed by atoms with Crippen LogP contribution in [0.4, 0.5) is 5.69 Å². The number of nitrogens with zero attached hydrogens (tertiary/aromatic N) is 3. The maximum Gasteiger partial charge on any atom is 0.226 e. The van der Waals surface area contributed by atoms with E-state index in [1.807, 2.05) is 57.2 Å². The van der Waals surface area contributed by atoms with Crippen molar-refractivity contribution in [1.29, 1.82) is 0 Å². The third-order valence-corrected chi connectivity index (χ3v) is 4.48. The van der Waals surface area contributed by atoms with Gasteiger partial charge in [-0.15, -0.1) is 10.2 Å². The smallest absolute Gasteiger partial charge is 0.226 e. The van der Waals surface area contributed by atoms with Crippen LogP contribution in [0.2, 0.25) is 5.02 Å². The molecule has 0 atom stereocenters. The second kappa shape index (κ2) is 8.02. The standard InChI is InChI=1S/C19H20ClN5OS/c1-11(2)8-18(26)22-19(27)21-13-5-7-16-17(9-13)24-25(23-16)14-6-4-12(3)15(20)10-14/h4-7,9-11H,8H2,1-3H3,(H2,21,22,26,27). The van der Waals surface area contributed by atoms with Crippen molar-refractivity contribution in [3.05, 3.63) is 47.0 Å². The highest BCUT2D eigenvalue weighted by Gasteiger charge is 2.10. The monoisotopic (exact) mass is 401 g/mol. The first-order valence-corrected chi connectivity index (χ1v) is 9.35. The molecule has 140 valence electrons. The summed E-state index contributed by atoms with van der Waals surface area (Å²) in [5.74, 6) is 0.167. The number of benzene rings is 2. The lowest BCUT2D eigenvalue weighted by molar-refractivity contribution is -0.120. The van der Waals surface area contributed by atoms with Crippen LogP contribution in [-0.2, 0) is 4.79 Å². The molecule has 3 aromatic rings. The number of hydrogen-bond acceptors (Lipinski definition) is 4. The average Bonchev–Trinajstić information content (AvgIpc) is 2.99. The summed E-state index contributed by atoms with van der Waals surface area (Å²) in [7, 11) is 0. The summed E-state index contributed by atoms with van der Waals surface area (Å²) >= 11 is 11.4. The van der Waals surface area contributed by atoms with Gasteiger partial charge in [0.25, 0.3) is 0 Å². The third-order valence-electron chi connectivity index (χ3n) is 3.87. The van der Waals surface area contributed by atoms with E-state index >= 15 is 0 Å². The maximum atomic E-state index is 11.8. The largest absolute Gasteiger partial charge is 0.332 e. The average molecular weight is 402 g/mol. The van der Waals surface area contributed by atoms with Crippen LogP contribution in [0, 0.1) is 12.8 Å². The van der Waals surface area contributed by atoms with E-state index in [-0.39, 0.29) is 16.9 Å². The van der Waals surface area contributed by atoms with E-state index in [1.54, 1.807) is 4.80 Å². The number of fused-ring (bicyclic) bond motifs is 1. The van der Waals surface area contributed by atoms with Gasteiger partial charge in [-0.2, -0.15) is 4.80 Å². The van der Waals surface area contributed by atoms with Crippen LogP contribution in [0.25, 0.3) is 16.7 Å². The molecule has 1 heterocycles. The third kappa shape index (κ3) is 4.81. The molecule has 8 heteroatoms. The number of carbonyl (C=O) groups excluding carboxylic acids is 1. The molecule has 0 saturated carbocycles. The quantitative estimate of drug-likeness (QED) is 0.640.